The SMILES string of the molecule is CC(=O)OC1C[C@H](n2cc(C)c(=O)[nH]c2=O)OC1COP(=O)(O)OP(=O)(O)OP(=O)(O)O. The standard InChI is InChI=1S/C12H19N2O15P3/c1-6-4-14(12(17)13-11(6)16)10-3-8(26-7(2)15)9(27-10)5-25-31(21,22)29-32(23,24)28-30(18,19)20/h4,8-10H,3,5H2,1-2H3,(H,21,22)(H,23,24)(H,13,16,17)(H2,18,19,20)/t8?,9?,10-/m1/s1. The van der Waals surface area contributed by atoms with E-state index < -0.39 is 65.7 Å². The van der Waals surface area contributed by atoms with Crippen LogP contribution in [0.2, 0.25) is 0 Å². The number of phosphoric ester groups is 1. The van der Waals surface area contributed by atoms with E-state index in [2.05, 4.69) is 13.1 Å². The van der Waals surface area contributed by atoms with Crippen LogP contribution in [0.3, 0.4) is 0 Å². The van der Waals surface area contributed by atoms with Crippen LogP contribution in [0.5, 0.6) is 0 Å². The largest absolute Gasteiger partial charge is 0.490 e. The fourth-order valence-electron chi connectivity index (χ4n) is 2.63. The van der Waals surface area contributed by atoms with Gasteiger partial charge in [-0.3, -0.25) is 23.7 Å². The third-order valence-electron chi connectivity index (χ3n) is 3.77. The van der Waals surface area contributed by atoms with Crippen molar-refractivity contribution in [2.75, 3.05) is 6.61 Å². The van der Waals surface area contributed by atoms with E-state index in [4.69, 9.17) is 24.2 Å². The summed E-state index contributed by atoms with van der Waals surface area (Å²) in [5.41, 5.74) is -1.32. The fraction of sp³-hybridized carbons (Fsp3) is 0.583. The predicted molar refractivity (Wildman–Crippen MR) is 100.0 cm³/mol. The normalized spacial score (nSPS) is 25.1. The number of hydrogen-bond acceptors (Lipinski definition) is 11. The summed E-state index contributed by atoms with van der Waals surface area (Å²) in [6.07, 6.45) is -2.48. The average molecular weight is 524 g/mol. The Morgan fingerprint density at radius 1 is 1.19 bits per heavy atom. The topological polar surface area (TPSA) is 250 Å². The highest BCUT2D eigenvalue weighted by Crippen LogP contribution is 2.66. The van der Waals surface area contributed by atoms with Gasteiger partial charge in [-0.05, 0) is 6.92 Å². The minimum Gasteiger partial charge on any atom is -0.460 e. The second kappa shape index (κ2) is 9.79. The van der Waals surface area contributed by atoms with Crippen LogP contribution in [0, 0.1) is 6.92 Å². The number of aromatic nitrogens is 2. The van der Waals surface area contributed by atoms with Crippen LogP contribution in [0.4, 0.5) is 0 Å². The van der Waals surface area contributed by atoms with Crippen LogP contribution in [-0.4, -0.2) is 53.9 Å². The Morgan fingerprint density at radius 3 is 2.38 bits per heavy atom. The Balaban J connectivity index is 2.15. The number of rotatable bonds is 9. The third kappa shape index (κ3) is 7.83. The fourth-order valence-corrected chi connectivity index (χ4v) is 5.66. The maximum Gasteiger partial charge on any atom is 0.490 e. The minimum atomic E-state index is -5.72. The van der Waals surface area contributed by atoms with Crippen LogP contribution in [0.15, 0.2) is 15.8 Å². The summed E-state index contributed by atoms with van der Waals surface area (Å²) in [6.45, 7) is 1.58. The van der Waals surface area contributed by atoms with Crippen molar-refractivity contribution in [1.82, 2.24) is 9.55 Å². The molecule has 2 rings (SSSR count). The number of nitrogens with zero attached hydrogens (tertiary/aromatic N) is 1. The summed E-state index contributed by atoms with van der Waals surface area (Å²) >= 11 is 0. The zero-order valence-corrected chi connectivity index (χ0v) is 19.0. The highest BCUT2D eigenvalue weighted by atomic mass is 31.3. The lowest BCUT2D eigenvalue weighted by molar-refractivity contribution is -0.150. The Labute approximate surface area is 178 Å². The maximum absolute atomic E-state index is 12.1. The summed E-state index contributed by atoms with van der Waals surface area (Å²) in [7, 11) is -16.7. The lowest BCUT2D eigenvalue weighted by Gasteiger charge is -2.20. The lowest BCUT2D eigenvalue weighted by atomic mass is 10.2. The number of esters is 1. The molecule has 0 bridgehead atoms. The molecule has 5 atom stereocenters. The van der Waals surface area contributed by atoms with Gasteiger partial charge in [0.15, 0.2) is 0 Å². The molecule has 1 aromatic rings. The van der Waals surface area contributed by atoms with Gasteiger partial charge < -0.3 is 29.0 Å². The van der Waals surface area contributed by atoms with Crippen molar-refractivity contribution >= 4 is 29.4 Å². The number of aromatic amines is 1. The summed E-state index contributed by atoms with van der Waals surface area (Å²) in [6, 6.07) is 0. The molecule has 1 aliphatic heterocycles. The van der Waals surface area contributed by atoms with E-state index in [1.54, 1.807) is 0 Å². The first kappa shape index (κ1) is 26.8. The first-order valence-electron chi connectivity index (χ1n) is 8.41. The third-order valence-corrected chi connectivity index (χ3v) is 7.57. The monoisotopic (exact) mass is 524 g/mol. The smallest absolute Gasteiger partial charge is 0.460 e. The van der Waals surface area contributed by atoms with Crippen molar-refractivity contribution in [3.8, 4) is 0 Å². The molecule has 0 radical (unpaired) electrons. The van der Waals surface area contributed by atoms with Crippen molar-refractivity contribution in [3.05, 3.63) is 32.6 Å². The molecule has 1 saturated heterocycles. The van der Waals surface area contributed by atoms with Crippen molar-refractivity contribution in [1.29, 1.82) is 0 Å². The Kier molecular flexibility index (Phi) is 8.19. The number of H-pyrrole nitrogens is 1. The van der Waals surface area contributed by atoms with Crippen molar-refractivity contribution in [2.45, 2.75) is 38.7 Å². The first-order valence-corrected chi connectivity index (χ1v) is 12.9. The molecule has 0 amide bonds. The molecule has 17 nitrogen and oxygen atoms in total. The summed E-state index contributed by atoms with van der Waals surface area (Å²) in [5, 5.41) is 0. The van der Waals surface area contributed by atoms with Crippen LogP contribution < -0.4 is 11.2 Å². The van der Waals surface area contributed by atoms with Gasteiger partial charge >= 0.3 is 35.1 Å². The minimum absolute atomic E-state index is 0.143. The van der Waals surface area contributed by atoms with Crippen LogP contribution in [-0.2, 0) is 41.1 Å². The van der Waals surface area contributed by atoms with E-state index in [1.807, 2.05) is 4.98 Å². The molecule has 0 spiro atoms. The highest BCUT2D eigenvalue weighted by Gasteiger charge is 2.44. The van der Waals surface area contributed by atoms with Crippen LogP contribution in [0.1, 0.15) is 25.1 Å². The van der Waals surface area contributed by atoms with Crippen molar-refractivity contribution in [2.24, 2.45) is 0 Å². The first-order chi connectivity index (χ1) is 14.5. The number of hydrogen-bond donors (Lipinski definition) is 5. The Hall–Kier alpha value is -1.48. The summed E-state index contributed by atoms with van der Waals surface area (Å²) in [5.74, 6) is -0.771. The molecule has 5 N–H and O–H groups in total. The zero-order valence-electron chi connectivity index (χ0n) is 16.3. The number of nitrogens with one attached hydrogen (secondary N) is 1. The van der Waals surface area contributed by atoms with Gasteiger partial charge in [0.05, 0.1) is 6.61 Å². The van der Waals surface area contributed by atoms with E-state index in [9.17, 15) is 33.0 Å². The van der Waals surface area contributed by atoms with Gasteiger partial charge in [0.2, 0.25) is 0 Å². The van der Waals surface area contributed by atoms with E-state index in [1.165, 1.54) is 13.1 Å². The molecule has 1 aromatic heterocycles. The highest BCUT2D eigenvalue weighted by molar-refractivity contribution is 7.66. The van der Waals surface area contributed by atoms with E-state index in [0.29, 0.717) is 0 Å². The second-order valence-electron chi connectivity index (χ2n) is 6.38. The number of carbonyl (C=O) groups excluding carboxylic acids is 1. The predicted octanol–water partition coefficient (Wildman–Crippen LogP) is -0.592. The molecule has 1 fully saturated rings. The number of ether oxygens (including phenoxy) is 2. The molecule has 182 valence electrons. The van der Waals surface area contributed by atoms with Crippen molar-refractivity contribution < 1.29 is 60.7 Å². The molecule has 32 heavy (non-hydrogen) atoms. The van der Waals surface area contributed by atoms with Crippen LogP contribution >= 0.6 is 23.5 Å². The average Bonchev–Trinajstić information content (AvgIpc) is 2.95. The number of aryl methyl sites for hydroxylation is 1. The Bertz CT molecular complexity index is 1120. The molecular weight excluding hydrogens is 505 g/mol. The molecule has 2 heterocycles. The van der Waals surface area contributed by atoms with Crippen LogP contribution in [0.25, 0.3) is 0 Å². The molecule has 0 saturated carbocycles. The van der Waals surface area contributed by atoms with Gasteiger partial charge in [0.1, 0.15) is 18.4 Å². The van der Waals surface area contributed by atoms with Gasteiger partial charge in [-0.1, -0.05) is 0 Å². The quantitative estimate of drug-likeness (QED) is 0.200. The Morgan fingerprint density at radius 2 is 1.81 bits per heavy atom. The van der Waals surface area contributed by atoms with E-state index >= 15 is 0 Å². The van der Waals surface area contributed by atoms with Crippen molar-refractivity contribution in [3.63, 3.8) is 0 Å². The maximum atomic E-state index is 12.1. The van der Waals surface area contributed by atoms with Gasteiger partial charge in [-0.15, -0.1) is 0 Å². The molecule has 0 aromatic carbocycles. The van der Waals surface area contributed by atoms with E-state index in [0.717, 1.165) is 11.5 Å². The number of phosphoric acid groups is 3. The van der Waals surface area contributed by atoms with E-state index in [-0.39, 0.29) is 12.0 Å². The molecule has 20 heteroatoms. The van der Waals surface area contributed by atoms with Gasteiger partial charge in [0, 0.05) is 25.1 Å². The molecular formula is C12H19N2O15P3. The molecule has 0 aliphatic carbocycles. The number of carbonyl (C=O) groups is 1. The molecule has 4 unspecified atom stereocenters. The summed E-state index contributed by atoms with van der Waals surface area (Å²) in [4.78, 5) is 72.7. The zero-order chi connectivity index (χ0) is 24.5. The molecule has 1 aliphatic rings. The summed E-state index contributed by atoms with van der Waals surface area (Å²) < 4.78 is 57.1. The van der Waals surface area contributed by atoms with Gasteiger partial charge in [-0.2, -0.15) is 8.62 Å². The second-order valence-corrected chi connectivity index (χ2v) is 10.8. The lowest BCUT2D eigenvalue weighted by Crippen LogP contribution is -2.33. The van der Waals surface area contributed by atoms with Gasteiger partial charge in [0.25, 0.3) is 5.56 Å². The van der Waals surface area contributed by atoms with Gasteiger partial charge in [-0.25, -0.2) is 18.5 Å².